The van der Waals surface area contributed by atoms with Crippen LogP contribution in [0, 0.1) is 17.1 Å². The highest BCUT2D eigenvalue weighted by Gasteiger charge is 2.12. The van der Waals surface area contributed by atoms with E-state index >= 15 is 0 Å². The Hall–Kier alpha value is -3.43. The number of hydrogen-bond donors (Lipinski definition) is 1. The molecule has 0 radical (unpaired) electrons. The fourth-order valence-corrected chi connectivity index (χ4v) is 3.45. The van der Waals surface area contributed by atoms with Gasteiger partial charge >= 0.3 is 0 Å². The number of amides is 1. The van der Waals surface area contributed by atoms with Crippen molar-refractivity contribution in [2.75, 3.05) is 6.54 Å². The first-order valence-corrected chi connectivity index (χ1v) is 11.0. The molecule has 0 atom stereocenters. The van der Waals surface area contributed by atoms with E-state index in [1.807, 2.05) is 36.4 Å². The number of nitriles is 1. The number of aryl methyl sites for hydroxylation is 1. The molecule has 0 saturated carbocycles. The highest BCUT2D eigenvalue weighted by atomic mass is 79.9. The van der Waals surface area contributed by atoms with E-state index in [-0.39, 0.29) is 18.0 Å². The first kappa shape index (κ1) is 23.2. The van der Waals surface area contributed by atoms with Gasteiger partial charge in [0.2, 0.25) is 0 Å². The van der Waals surface area contributed by atoms with Crippen molar-refractivity contribution in [1.29, 1.82) is 5.26 Å². The number of carbonyl (C=O) groups is 1. The average Bonchev–Trinajstić information content (AvgIpc) is 2.81. The van der Waals surface area contributed by atoms with E-state index in [4.69, 9.17) is 4.74 Å². The predicted molar refractivity (Wildman–Crippen MR) is 126 cm³/mol. The third kappa shape index (κ3) is 6.79. The highest BCUT2D eigenvalue weighted by Crippen LogP contribution is 2.26. The lowest BCUT2D eigenvalue weighted by atomic mass is 10.1. The van der Waals surface area contributed by atoms with Gasteiger partial charge in [-0.1, -0.05) is 64.5 Å². The fraction of sp³-hybridized carbons (Fsp3) is 0.154. The quantitative estimate of drug-likeness (QED) is 0.232. The van der Waals surface area contributed by atoms with E-state index in [2.05, 4.69) is 21.2 Å². The Morgan fingerprint density at radius 3 is 2.59 bits per heavy atom. The Morgan fingerprint density at radius 2 is 1.84 bits per heavy atom. The Bertz CT molecular complexity index is 1140. The van der Waals surface area contributed by atoms with E-state index < -0.39 is 5.91 Å². The van der Waals surface area contributed by atoms with E-state index in [0.29, 0.717) is 23.4 Å². The van der Waals surface area contributed by atoms with Crippen LogP contribution in [0.1, 0.15) is 23.1 Å². The Balaban J connectivity index is 1.66. The third-order valence-corrected chi connectivity index (χ3v) is 5.24. The Labute approximate surface area is 195 Å². The van der Waals surface area contributed by atoms with Crippen molar-refractivity contribution < 1.29 is 13.9 Å². The summed E-state index contributed by atoms with van der Waals surface area (Å²) in [6.07, 6.45) is 3.09. The zero-order valence-corrected chi connectivity index (χ0v) is 18.9. The van der Waals surface area contributed by atoms with E-state index in [1.54, 1.807) is 36.4 Å². The van der Waals surface area contributed by atoms with Gasteiger partial charge in [0.1, 0.15) is 29.8 Å². The largest absolute Gasteiger partial charge is 0.488 e. The first-order chi connectivity index (χ1) is 15.6. The van der Waals surface area contributed by atoms with E-state index in [0.717, 1.165) is 17.3 Å². The second-order valence-corrected chi connectivity index (χ2v) is 7.99. The number of ether oxygens (including phenoxy) is 1. The average molecular weight is 493 g/mol. The predicted octanol–water partition coefficient (Wildman–Crippen LogP) is 5.82. The molecule has 3 aromatic carbocycles. The third-order valence-electron chi connectivity index (χ3n) is 4.75. The molecule has 0 unspecified atom stereocenters. The lowest BCUT2D eigenvalue weighted by molar-refractivity contribution is -0.117. The summed E-state index contributed by atoms with van der Waals surface area (Å²) in [6.45, 7) is 0.491. The van der Waals surface area contributed by atoms with Gasteiger partial charge in [-0.3, -0.25) is 4.79 Å². The minimum Gasteiger partial charge on any atom is -0.488 e. The summed E-state index contributed by atoms with van der Waals surface area (Å²) in [7, 11) is 0. The maximum Gasteiger partial charge on any atom is 0.261 e. The van der Waals surface area contributed by atoms with Crippen molar-refractivity contribution in [3.05, 3.63) is 105 Å². The van der Waals surface area contributed by atoms with Gasteiger partial charge in [-0.2, -0.15) is 5.26 Å². The molecule has 1 N–H and O–H groups in total. The molecular weight excluding hydrogens is 471 g/mol. The van der Waals surface area contributed by atoms with Gasteiger partial charge in [0.15, 0.2) is 0 Å². The molecule has 0 fully saturated rings. The second kappa shape index (κ2) is 11.8. The molecule has 0 aliphatic heterocycles. The summed E-state index contributed by atoms with van der Waals surface area (Å²) in [4.78, 5) is 12.5. The van der Waals surface area contributed by atoms with Gasteiger partial charge in [-0.25, -0.2) is 4.39 Å². The molecule has 0 aromatic heterocycles. The van der Waals surface area contributed by atoms with Gasteiger partial charge in [0, 0.05) is 22.1 Å². The molecule has 0 saturated heterocycles. The van der Waals surface area contributed by atoms with Crippen LogP contribution in [0.5, 0.6) is 5.75 Å². The van der Waals surface area contributed by atoms with Crippen LogP contribution in [0.25, 0.3) is 6.08 Å². The number of nitrogens with one attached hydrogen (secondary N) is 1. The molecule has 0 bridgehead atoms. The zero-order chi connectivity index (χ0) is 22.8. The molecule has 0 aliphatic rings. The summed E-state index contributed by atoms with van der Waals surface area (Å²) >= 11 is 3.40. The lowest BCUT2D eigenvalue weighted by Crippen LogP contribution is -2.25. The number of carbonyl (C=O) groups excluding carboxylic acids is 1. The van der Waals surface area contributed by atoms with Gasteiger partial charge in [0.05, 0.1) is 0 Å². The van der Waals surface area contributed by atoms with Crippen LogP contribution in [-0.4, -0.2) is 12.5 Å². The minimum absolute atomic E-state index is 0.0291. The molecule has 1 amide bonds. The van der Waals surface area contributed by atoms with Crippen LogP contribution in [-0.2, 0) is 17.8 Å². The zero-order valence-electron chi connectivity index (χ0n) is 17.4. The van der Waals surface area contributed by atoms with Crippen molar-refractivity contribution in [2.45, 2.75) is 19.4 Å². The van der Waals surface area contributed by atoms with Gasteiger partial charge in [-0.05, 0) is 48.7 Å². The van der Waals surface area contributed by atoms with Gasteiger partial charge in [-0.15, -0.1) is 0 Å². The summed E-state index contributed by atoms with van der Waals surface area (Å²) in [5, 5.41) is 12.3. The van der Waals surface area contributed by atoms with Crippen molar-refractivity contribution in [2.24, 2.45) is 0 Å². The van der Waals surface area contributed by atoms with Crippen molar-refractivity contribution in [1.82, 2.24) is 5.32 Å². The molecule has 0 aliphatic carbocycles. The minimum atomic E-state index is -0.444. The van der Waals surface area contributed by atoms with E-state index in [9.17, 15) is 14.4 Å². The second-order valence-electron chi connectivity index (χ2n) is 7.08. The van der Waals surface area contributed by atoms with Crippen molar-refractivity contribution in [3.8, 4) is 11.8 Å². The fourth-order valence-electron chi connectivity index (χ4n) is 3.07. The molecule has 0 spiro atoms. The number of nitrogens with zero attached hydrogens (tertiary/aromatic N) is 1. The van der Waals surface area contributed by atoms with E-state index in [1.165, 1.54) is 17.7 Å². The van der Waals surface area contributed by atoms with Crippen LogP contribution in [0.15, 0.2) is 82.8 Å². The molecule has 0 heterocycles. The number of halogens is 2. The topological polar surface area (TPSA) is 62.1 Å². The van der Waals surface area contributed by atoms with Gasteiger partial charge < -0.3 is 10.1 Å². The normalized spacial score (nSPS) is 11.0. The monoisotopic (exact) mass is 492 g/mol. The summed E-state index contributed by atoms with van der Waals surface area (Å²) in [5.41, 5.74) is 2.14. The van der Waals surface area contributed by atoms with Crippen LogP contribution in [0.3, 0.4) is 0 Å². The summed E-state index contributed by atoms with van der Waals surface area (Å²) in [5.74, 6) is -0.351. The molecule has 3 aromatic rings. The number of benzene rings is 3. The molecule has 162 valence electrons. The maximum atomic E-state index is 13.9. The SMILES string of the molecule is N#C/C(=C/c1cc(Br)ccc1OCc1ccccc1F)C(=O)NCCCc1ccccc1. The van der Waals surface area contributed by atoms with Crippen molar-refractivity contribution in [3.63, 3.8) is 0 Å². The summed E-state index contributed by atoms with van der Waals surface area (Å²) < 4.78 is 20.4. The lowest BCUT2D eigenvalue weighted by Gasteiger charge is -2.11. The highest BCUT2D eigenvalue weighted by molar-refractivity contribution is 9.10. The first-order valence-electron chi connectivity index (χ1n) is 10.2. The van der Waals surface area contributed by atoms with Gasteiger partial charge in [0.25, 0.3) is 5.91 Å². The number of rotatable bonds is 9. The molecule has 4 nitrogen and oxygen atoms in total. The molecule has 6 heteroatoms. The van der Waals surface area contributed by atoms with Crippen molar-refractivity contribution >= 4 is 27.9 Å². The summed E-state index contributed by atoms with van der Waals surface area (Å²) in [6, 6.07) is 23.6. The smallest absolute Gasteiger partial charge is 0.261 e. The molecular formula is C26H22BrFN2O2. The van der Waals surface area contributed by atoms with Crippen LogP contribution in [0.4, 0.5) is 4.39 Å². The van der Waals surface area contributed by atoms with Crippen LogP contribution >= 0.6 is 15.9 Å². The molecule has 32 heavy (non-hydrogen) atoms. The standard InChI is InChI=1S/C26H22BrFN2O2/c27-23-12-13-25(32-18-20-10-4-5-11-24(20)28)21(16-23)15-22(17-29)26(31)30-14-6-9-19-7-2-1-3-8-19/h1-5,7-8,10-13,15-16H,6,9,14,18H2,(H,30,31)/b22-15-. The molecule has 3 rings (SSSR count). The number of hydrogen-bond acceptors (Lipinski definition) is 3. The van der Waals surface area contributed by atoms with Crippen LogP contribution < -0.4 is 10.1 Å². The Morgan fingerprint density at radius 1 is 1.09 bits per heavy atom. The Kier molecular flexibility index (Phi) is 8.59. The maximum absolute atomic E-state index is 13.9. The van der Waals surface area contributed by atoms with Crippen LogP contribution in [0.2, 0.25) is 0 Å².